The fourth-order valence-corrected chi connectivity index (χ4v) is 11.9. The summed E-state index contributed by atoms with van der Waals surface area (Å²) in [6.07, 6.45) is 18.3. The monoisotopic (exact) mass is 434 g/mol. The zero-order chi connectivity index (χ0) is 22.5. The van der Waals surface area contributed by atoms with Crippen LogP contribution in [-0.2, 0) is 0 Å². The molecule has 30 heavy (non-hydrogen) atoms. The van der Waals surface area contributed by atoms with Crippen molar-refractivity contribution in [2.24, 2.45) is 5.92 Å². The summed E-state index contributed by atoms with van der Waals surface area (Å²) in [7, 11) is -1.41. The lowest BCUT2D eigenvalue weighted by Crippen LogP contribution is -2.46. The molecule has 0 radical (unpaired) electrons. The predicted octanol–water partition coefficient (Wildman–Crippen LogP) is 9.45. The largest absolute Gasteiger partial charge is 0.389 e. The van der Waals surface area contributed by atoms with Crippen LogP contribution in [0.25, 0.3) is 0 Å². The highest BCUT2D eigenvalue weighted by atomic mass is 28.3. The Hall–Kier alpha value is -0.343. The maximum Gasteiger partial charge on any atom is 0.0710 e. The van der Waals surface area contributed by atoms with Gasteiger partial charge in [0, 0.05) is 5.92 Å². The molecule has 1 atom stereocenters. The van der Waals surface area contributed by atoms with E-state index in [2.05, 4.69) is 47.3 Å². The Labute approximate surface area is 190 Å². The van der Waals surface area contributed by atoms with Gasteiger partial charge in [0.1, 0.15) is 0 Å². The van der Waals surface area contributed by atoms with Gasteiger partial charge < -0.3 is 5.11 Å². The zero-order valence-electron chi connectivity index (χ0n) is 21.3. The second-order valence-corrected chi connectivity index (χ2v) is 15.6. The van der Waals surface area contributed by atoms with Crippen molar-refractivity contribution in [3.05, 3.63) is 23.8 Å². The van der Waals surface area contributed by atoms with Crippen molar-refractivity contribution < 1.29 is 5.11 Å². The van der Waals surface area contributed by atoms with Crippen LogP contribution in [0.3, 0.4) is 0 Å². The van der Waals surface area contributed by atoms with Crippen molar-refractivity contribution in [3.8, 4) is 0 Å². The van der Waals surface area contributed by atoms with Crippen LogP contribution in [0.1, 0.15) is 118 Å². The molecule has 2 heteroatoms. The van der Waals surface area contributed by atoms with Gasteiger partial charge in [0.15, 0.2) is 0 Å². The van der Waals surface area contributed by atoms with Crippen LogP contribution in [0, 0.1) is 5.92 Å². The highest BCUT2D eigenvalue weighted by Gasteiger charge is 2.44. The Morgan fingerprint density at radius 1 is 0.933 bits per heavy atom. The summed E-state index contributed by atoms with van der Waals surface area (Å²) in [5.74, 6) is 0.334. The van der Waals surface area contributed by atoms with E-state index in [9.17, 15) is 5.11 Å². The third-order valence-electron chi connectivity index (χ3n) is 7.70. The zero-order valence-corrected chi connectivity index (χ0v) is 22.3. The standard InChI is InChI=1S/C28H54OSi/c1-7-10-21-30(22-11-8-2,23-12-9-3)24-27(26(6)18-16-17-25(4)5)28(29)19-14-13-15-20-28/h17,27,29H,6-16,18-24H2,1-5H3. The third kappa shape index (κ3) is 9.43. The number of hydrogen-bond donors (Lipinski definition) is 1. The summed E-state index contributed by atoms with van der Waals surface area (Å²) < 4.78 is 0. The molecule has 1 aliphatic rings. The Kier molecular flexibility index (Phi) is 13.5. The molecule has 1 unspecified atom stereocenters. The van der Waals surface area contributed by atoms with Gasteiger partial charge in [0.25, 0.3) is 0 Å². The van der Waals surface area contributed by atoms with Gasteiger partial charge in [-0.3, -0.25) is 0 Å². The molecule has 0 heterocycles. The van der Waals surface area contributed by atoms with Crippen LogP contribution >= 0.6 is 0 Å². The number of rotatable bonds is 16. The molecule has 1 fully saturated rings. The van der Waals surface area contributed by atoms with Gasteiger partial charge in [0.2, 0.25) is 0 Å². The number of aliphatic hydroxyl groups is 1. The third-order valence-corrected chi connectivity index (χ3v) is 13.2. The van der Waals surface area contributed by atoms with Gasteiger partial charge in [0.05, 0.1) is 13.7 Å². The van der Waals surface area contributed by atoms with Crippen molar-refractivity contribution >= 4 is 8.07 Å². The van der Waals surface area contributed by atoms with Gasteiger partial charge in [-0.05, 0) is 45.6 Å². The average molecular weight is 435 g/mol. The second-order valence-electron chi connectivity index (χ2n) is 10.7. The van der Waals surface area contributed by atoms with Gasteiger partial charge >= 0.3 is 0 Å². The fraction of sp³-hybridized carbons (Fsp3) is 0.857. The Balaban J connectivity index is 3.17. The number of allylic oxidation sites excluding steroid dienone is 2. The lowest BCUT2D eigenvalue weighted by Gasteiger charge is -2.45. The molecular formula is C28H54OSi. The molecule has 1 aliphatic carbocycles. The van der Waals surface area contributed by atoms with Crippen molar-refractivity contribution in [3.63, 3.8) is 0 Å². The van der Waals surface area contributed by atoms with E-state index < -0.39 is 13.7 Å². The Morgan fingerprint density at radius 2 is 1.43 bits per heavy atom. The van der Waals surface area contributed by atoms with Crippen LogP contribution in [0.2, 0.25) is 24.2 Å². The van der Waals surface area contributed by atoms with Crippen LogP contribution in [0.5, 0.6) is 0 Å². The first kappa shape index (κ1) is 27.7. The van der Waals surface area contributed by atoms with E-state index in [1.807, 2.05) is 0 Å². The molecular weight excluding hydrogens is 380 g/mol. The van der Waals surface area contributed by atoms with E-state index in [1.54, 1.807) is 0 Å². The second kappa shape index (κ2) is 14.7. The first-order chi connectivity index (χ1) is 14.3. The van der Waals surface area contributed by atoms with Gasteiger partial charge in [-0.15, -0.1) is 0 Å². The summed E-state index contributed by atoms with van der Waals surface area (Å²) in [5, 5.41) is 11.9. The van der Waals surface area contributed by atoms with Gasteiger partial charge in [-0.25, -0.2) is 0 Å². The molecule has 0 aromatic heterocycles. The minimum atomic E-state index is -1.41. The van der Waals surface area contributed by atoms with Crippen LogP contribution in [-0.4, -0.2) is 18.8 Å². The normalized spacial score (nSPS) is 17.5. The van der Waals surface area contributed by atoms with Gasteiger partial charge in [-0.2, -0.15) is 0 Å². The average Bonchev–Trinajstić information content (AvgIpc) is 2.72. The van der Waals surface area contributed by atoms with E-state index in [1.165, 1.54) is 93.1 Å². The SMILES string of the molecule is C=C(CCC=C(C)C)C(C[Si](CCCC)(CCCC)CCCC)C1(O)CCCCC1. The summed E-state index contributed by atoms with van der Waals surface area (Å²) in [5.41, 5.74) is 2.27. The number of hydrogen-bond acceptors (Lipinski definition) is 1. The summed E-state index contributed by atoms with van der Waals surface area (Å²) in [4.78, 5) is 0. The van der Waals surface area contributed by atoms with E-state index >= 15 is 0 Å². The molecule has 0 saturated heterocycles. The molecule has 176 valence electrons. The Morgan fingerprint density at radius 3 is 1.87 bits per heavy atom. The van der Waals surface area contributed by atoms with Gasteiger partial charge in [-0.1, -0.05) is 120 Å². The highest BCUT2D eigenvalue weighted by Crippen LogP contribution is 2.46. The summed E-state index contributed by atoms with van der Waals surface area (Å²) in [6.45, 7) is 16.1. The summed E-state index contributed by atoms with van der Waals surface area (Å²) in [6, 6.07) is 5.71. The van der Waals surface area contributed by atoms with Crippen LogP contribution in [0.4, 0.5) is 0 Å². The molecule has 1 saturated carbocycles. The Bertz CT molecular complexity index is 475. The predicted molar refractivity (Wildman–Crippen MR) is 139 cm³/mol. The molecule has 0 bridgehead atoms. The molecule has 1 N–H and O–H groups in total. The lowest BCUT2D eigenvalue weighted by molar-refractivity contribution is -0.0321. The molecule has 0 spiro atoms. The maximum atomic E-state index is 11.9. The van der Waals surface area contributed by atoms with Crippen molar-refractivity contribution in [1.29, 1.82) is 0 Å². The van der Waals surface area contributed by atoms with E-state index in [0.717, 1.165) is 25.7 Å². The minimum Gasteiger partial charge on any atom is -0.389 e. The van der Waals surface area contributed by atoms with E-state index in [-0.39, 0.29) is 0 Å². The van der Waals surface area contributed by atoms with Crippen molar-refractivity contribution in [2.45, 2.75) is 148 Å². The van der Waals surface area contributed by atoms with Crippen molar-refractivity contribution in [1.82, 2.24) is 0 Å². The van der Waals surface area contributed by atoms with Crippen LogP contribution in [0.15, 0.2) is 23.8 Å². The van der Waals surface area contributed by atoms with E-state index in [0.29, 0.717) is 5.92 Å². The molecule has 0 aromatic carbocycles. The smallest absolute Gasteiger partial charge is 0.0710 e. The molecule has 0 amide bonds. The molecule has 1 nitrogen and oxygen atoms in total. The van der Waals surface area contributed by atoms with Crippen molar-refractivity contribution in [2.75, 3.05) is 0 Å². The van der Waals surface area contributed by atoms with Crippen LogP contribution < -0.4 is 0 Å². The number of unbranched alkanes of at least 4 members (excludes halogenated alkanes) is 3. The summed E-state index contributed by atoms with van der Waals surface area (Å²) >= 11 is 0. The molecule has 0 aliphatic heterocycles. The minimum absolute atomic E-state index is 0.334. The molecule has 0 aromatic rings. The highest BCUT2D eigenvalue weighted by molar-refractivity contribution is 6.80. The van der Waals surface area contributed by atoms with E-state index in [4.69, 9.17) is 0 Å². The lowest BCUT2D eigenvalue weighted by atomic mass is 9.73. The topological polar surface area (TPSA) is 20.2 Å². The first-order valence-corrected chi connectivity index (χ1v) is 16.2. The fourth-order valence-electron chi connectivity index (χ4n) is 5.72. The quantitative estimate of drug-likeness (QED) is 0.189. The molecule has 1 rings (SSSR count). The first-order valence-electron chi connectivity index (χ1n) is 13.4. The maximum absolute atomic E-state index is 11.9.